The lowest BCUT2D eigenvalue weighted by Crippen LogP contribution is -2.51. The molecule has 23 heavy (non-hydrogen) atoms. The number of nitrogens with one attached hydrogen (secondary N) is 2. The van der Waals surface area contributed by atoms with Gasteiger partial charge in [-0.15, -0.1) is 0 Å². The Morgan fingerprint density at radius 1 is 1.35 bits per heavy atom. The number of rotatable bonds is 4. The SMILES string of the molecule is CC(C)S(=O)(=O)NC1=NCN(Cc2ccc3c(c2)OCO3)CN1. The average molecular weight is 340 g/mol. The summed E-state index contributed by atoms with van der Waals surface area (Å²) < 4.78 is 36.7. The van der Waals surface area contributed by atoms with Crippen LogP contribution in [-0.2, 0) is 16.6 Å². The fourth-order valence-corrected chi connectivity index (χ4v) is 2.83. The second-order valence-corrected chi connectivity index (χ2v) is 7.93. The highest BCUT2D eigenvalue weighted by molar-refractivity contribution is 7.90. The van der Waals surface area contributed by atoms with Crippen LogP contribution in [0.15, 0.2) is 23.2 Å². The van der Waals surface area contributed by atoms with Crippen LogP contribution in [0.1, 0.15) is 19.4 Å². The zero-order valence-electron chi connectivity index (χ0n) is 13.1. The third-order valence-corrected chi connectivity index (χ3v) is 5.32. The van der Waals surface area contributed by atoms with E-state index in [1.54, 1.807) is 13.8 Å². The zero-order chi connectivity index (χ0) is 16.4. The van der Waals surface area contributed by atoms with Gasteiger partial charge in [-0.3, -0.25) is 9.62 Å². The van der Waals surface area contributed by atoms with Crippen LogP contribution < -0.4 is 19.5 Å². The van der Waals surface area contributed by atoms with Crippen LogP contribution in [-0.4, -0.2) is 44.7 Å². The second kappa shape index (κ2) is 6.25. The van der Waals surface area contributed by atoms with Gasteiger partial charge in [0.25, 0.3) is 0 Å². The molecule has 3 rings (SSSR count). The highest BCUT2D eigenvalue weighted by Crippen LogP contribution is 2.32. The maximum atomic E-state index is 11.8. The molecule has 0 spiro atoms. The van der Waals surface area contributed by atoms with E-state index >= 15 is 0 Å². The number of nitrogens with zero attached hydrogens (tertiary/aromatic N) is 2. The van der Waals surface area contributed by atoms with Crippen molar-refractivity contribution in [1.29, 1.82) is 0 Å². The maximum absolute atomic E-state index is 11.8. The summed E-state index contributed by atoms with van der Waals surface area (Å²) in [5, 5.41) is 2.48. The van der Waals surface area contributed by atoms with Gasteiger partial charge in [0.1, 0.15) is 0 Å². The molecule has 2 N–H and O–H groups in total. The van der Waals surface area contributed by atoms with Crippen molar-refractivity contribution in [1.82, 2.24) is 14.9 Å². The summed E-state index contributed by atoms with van der Waals surface area (Å²) in [6, 6.07) is 5.82. The molecule has 0 amide bonds. The average Bonchev–Trinajstić information content (AvgIpc) is 2.96. The molecule has 0 fully saturated rings. The van der Waals surface area contributed by atoms with Crippen LogP contribution in [0.3, 0.4) is 0 Å². The number of fused-ring (bicyclic) bond motifs is 1. The molecule has 0 saturated carbocycles. The fourth-order valence-electron chi connectivity index (χ4n) is 2.19. The van der Waals surface area contributed by atoms with Crippen molar-refractivity contribution in [3.63, 3.8) is 0 Å². The predicted molar refractivity (Wildman–Crippen MR) is 85.6 cm³/mol. The van der Waals surface area contributed by atoms with E-state index in [1.165, 1.54) is 0 Å². The summed E-state index contributed by atoms with van der Waals surface area (Å²) in [4.78, 5) is 6.28. The molecule has 0 unspecified atom stereocenters. The van der Waals surface area contributed by atoms with Gasteiger partial charge in [-0.05, 0) is 31.5 Å². The minimum Gasteiger partial charge on any atom is -0.454 e. The number of guanidine groups is 1. The fraction of sp³-hybridized carbons (Fsp3) is 0.500. The summed E-state index contributed by atoms with van der Waals surface area (Å²) in [6.45, 7) is 5.10. The highest BCUT2D eigenvalue weighted by atomic mass is 32.2. The van der Waals surface area contributed by atoms with Crippen molar-refractivity contribution < 1.29 is 17.9 Å². The molecular formula is C14H20N4O4S. The second-order valence-electron chi connectivity index (χ2n) is 5.70. The third-order valence-electron chi connectivity index (χ3n) is 3.60. The van der Waals surface area contributed by atoms with Crippen LogP contribution in [0, 0.1) is 0 Å². The number of ether oxygens (including phenoxy) is 2. The first-order chi connectivity index (χ1) is 10.9. The molecule has 2 heterocycles. The summed E-state index contributed by atoms with van der Waals surface area (Å²) in [6.07, 6.45) is 0. The van der Waals surface area contributed by atoms with Gasteiger partial charge in [-0.2, -0.15) is 0 Å². The summed E-state index contributed by atoms with van der Waals surface area (Å²) >= 11 is 0. The van der Waals surface area contributed by atoms with E-state index in [0.29, 0.717) is 25.8 Å². The minimum absolute atomic E-state index is 0.258. The monoisotopic (exact) mass is 340 g/mol. The number of hydrogen-bond acceptors (Lipinski definition) is 7. The van der Waals surface area contributed by atoms with Gasteiger partial charge >= 0.3 is 0 Å². The molecule has 2 aliphatic rings. The van der Waals surface area contributed by atoms with E-state index in [1.807, 2.05) is 23.1 Å². The lowest BCUT2D eigenvalue weighted by Gasteiger charge is -2.27. The smallest absolute Gasteiger partial charge is 0.237 e. The number of sulfonamides is 1. The van der Waals surface area contributed by atoms with Gasteiger partial charge in [0.2, 0.25) is 22.8 Å². The van der Waals surface area contributed by atoms with Crippen molar-refractivity contribution in [3.8, 4) is 11.5 Å². The first-order valence-corrected chi connectivity index (χ1v) is 8.89. The Hall–Kier alpha value is -2.00. The van der Waals surface area contributed by atoms with Crippen LogP contribution in [0.2, 0.25) is 0 Å². The Kier molecular flexibility index (Phi) is 4.31. The summed E-state index contributed by atoms with van der Waals surface area (Å²) in [5.74, 6) is 1.80. The molecule has 0 atom stereocenters. The molecule has 0 aliphatic carbocycles. The standard InChI is InChI=1S/C14H20N4O4S/c1-10(2)23(19,20)17-14-15-7-18(8-16-14)6-11-3-4-12-13(5-11)22-9-21-12/h3-5,10H,6-9H2,1-2H3,(H2,15,16,17). The molecule has 0 saturated heterocycles. The van der Waals surface area contributed by atoms with E-state index in [4.69, 9.17) is 9.47 Å². The van der Waals surface area contributed by atoms with E-state index < -0.39 is 15.3 Å². The topological polar surface area (TPSA) is 92.3 Å². The maximum Gasteiger partial charge on any atom is 0.237 e. The van der Waals surface area contributed by atoms with Crippen LogP contribution >= 0.6 is 0 Å². The van der Waals surface area contributed by atoms with Crippen molar-refractivity contribution in [2.75, 3.05) is 20.1 Å². The molecule has 0 bridgehead atoms. The zero-order valence-corrected chi connectivity index (χ0v) is 13.9. The lowest BCUT2D eigenvalue weighted by atomic mass is 10.2. The van der Waals surface area contributed by atoms with Gasteiger partial charge in [0, 0.05) is 6.54 Å². The Labute approximate surface area is 135 Å². The van der Waals surface area contributed by atoms with Gasteiger partial charge in [0.15, 0.2) is 11.5 Å². The molecule has 126 valence electrons. The molecule has 2 aliphatic heterocycles. The Balaban J connectivity index is 1.58. The Morgan fingerprint density at radius 2 is 2.13 bits per heavy atom. The Morgan fingerprint density at radius 3 is 2.83 bits per heavy atom. The lowest BCUT2D eigenvalue weighted by molar-refractivity contribution is 0.174. The van der Waals surface area contributed by atoms with E-state index in [2.05, 4.69) is 15.0 Å². The number of hydrogen-bond donors (Lipinski definition) is 2. The van der Waals surface area contributed by atoms with Crippen molar-refractivity contribution >= 4 is 16.0 Å². The summed E-state index contributed by atoms with van der Waals surface area (Å²) in [5.41, 5.74) is 1.08. The van der Waals surface area contributed by atoms with E-state index in [0.717, 1.165) is 17.1 Å². The molecule has 8 nitrogen and oxygen atoms in total. The predicted octanol–water partition coefficient (Wildman–Crippen LogP) is 0.419. The Bertz CT molecular complexity index is 717. The quantitative estimate of drug-likeness (QED) is 0.825. The summed E-state index contributed by atoms with van der Waals surface area (Å²) in [7, 11) is -3.37. The van der Waals surface area contributed by atoms with Crippen LogP contribution in [0.4, 0.5) is 0 Å². The van der Waals surface area contributed by atoms with Gasteiger partial charge in [-0.25, -0.2) is 13.4 Å². The third kappa shape index (κ3) is 3.67. The van der Waals surface area contributed by atoms with E-state index in [9.17, 15) is 8.42 Å². The minimum atomic E-state index is -3.37. The molecule has 0 radical (unpaired) electrons. The van der Waals surface area contributed by atoms with Crippen molar-refractivity contribution in [2.45, 2.75) is 25.6 Å². The molecule has 1 aromatic carbocycles. The first-order valence-electron chi connectivity index (χ1n) is 7.35. The largest absolute Gasteiger partial charge is 0.454 e. The molecule has 9 heteroatoms. The number of aliphatic imine (C=N–C) groups is 1. The van der Waals surface area contributed by atoms with E-state index in [-0.39, 0.29) is 6.79 Å². The molecule has 0 aromatic heterocycles. The normalized spacial score (nSPS) is 17.8. The number of benzene rings is 1. The highest BCUT2D eigenvalue weighted by Gasteiger charge is 2.21. The first kappa shape index (κ1) is 15.9. The van der Waals surface area contributed by atoms with Crippen LogP contribution in [0.5, 0.6) is 11.5 Å². The van der Waals surface area contributed by atoms with Crippen LogP contribution in [0.25, 0.3) is 0 Å². The van der Waals surface area contributed by atoms with Crippen molar-refractivity contribution in [3.05, 3.63) is 23.8 Å². The molecular weight excluding hydrogens is 320 g/mol. The van der Waals surface area contributed by atoms with Gasteiger partial charge in [0.05, 0.1) is 18.6 Å². The molecule has 1 aromatic rings. The van der Waals surface area contributed by atoms with Gasteiger partial charge < -0.3 is 14.8 Å². The van der Waals surface area contributed by atoms with Gasteiger partial charge in [-0.1, -0.05) is 6.07 Å². The van der Waals surface area contributed by atoms with Crippen molar-refractivity contribution in [2.24, 2.45) is 4.99 Å².